The van der Waals surface area contributed by atoms with Crippen LogP contribution in [-0.4, -0.2) is 12.7 Å². The fourth-order valence-electron chi connectivity index (χ4n) is 5.15. The van der Waals surface area contributed by atoms with Gasteiger partial charge in [-0.05, 0) is 93.0 Å². The smallest absolute Gasteiger partial charge is 0.194 e. The Bertz CT molecular complexity index is 918. The molecule has 30 heavy (non-hydrogen) atoms. The third-order valence-electron chi connectivity index (χ3n) is 6.68. The second-order valence-corrected chi connectivity index (χ2v) is 8.55. The summed E-state index contributed by atoms with van der Waals surface area (Å²) >= 11 is 0. The van der Waals surface area contributed by atoms with Gasteiger partial charge >= 0.3 is 0 Å². The Hall–Kier alpha value is -2.25. The van der Waals surface area contributed by atoms with E-state index in [1.807, 2.05) is 12.1 Å². The van der Waals surface area contributed by atoms with E-state index in [0.717, 1.165) is 36.1 Å². The second-order valence-electron chi connectivity index (χ2n) is 8.55. The minimum Gasteiger partial charge on any atom is -0.378 e. The van der Waals surface area contributed by atoms with Crippen LogP contribution in [-0.2, 0) is 4.74 Å². The highest BCUT2D eigenvalue weighted by atomic mass is 19.2. The van der Waals surface area contributed by atoms with Crippen LogP contribution in [0.2, 0.25) is 0 Å². The molecule has 2 fully saturated rings. The second kappa shape index (κ2) is 9.27. The van der Waals surface area contributed by atoms with Crippen molar-refractivity contribution in [1.29, 1.82) is 0 Å². The standard InChI is InChI=1S/C26H27F3O/c1-2-30-23-12-11-21-15-20(9-10-22(21)16-23)19-7-5-17(6-8-19)3-4-18-13-24(27)26(29)25(28)14-18/h5-8,13-14,20-23H,2,9-12,15-16H2,1H3. The zero-order valence-corrected chi connectivity index (χ0v) is 17.3. The van der Waals surface area contributed by atoms with Gasteiger partial charge in [-0.2, -0.15) is 0 Å². The molecule has 0 radical (unpaired) electrons. The molecule has 2 aliphatic rings. The monoisotopic (exact) mass is 412 g/mol. The van der Waals surface area contributed by atoms with Crippen LogP contribution in [0.1, 0.15) is 68.1 Å². The first-order valence-corrected chi connectivity index (χ1v) is 10.9. The Labute approximate surface area is 176 Å². The van der Waals surface area contributed by atoms with Crippen LogP contribution in [0.15, 0.2) is 36.4 Å². The molecule has 2 aromatic carbocycles. The molecule has 0 heterocycles. The molecule has 0 spiro atoms. The van der Waals surface area contributed by atoms with Gasteiger partial charge in [-0.1, -0.05) is 24.0 Å². The van der Waals surface area contributed by atoms with Crippen LogP contribution < -0.4 is 0 Å². The van der Waals surface area contributed by atoms with Crippen LogP contribution in [0, 0.1) is 41.1 Å². The first-order valence-electron chi connectivity index (χ1n) is 10.9. The fraction of sp³-hybridized carbons (Fsp3) is 0.462. The molecule has 4 unspecified atom stereocenters. The van der Waals surface area contributed by atoms with Crippen molar-refractivity contribution in [3.8, 4) is 11.8 Å². The molecule has 0 aliphatic heterocycles. The Morgan fingerprint density at radius 3 is 2.17 bits per heavy atom. The van der Waals surface area contributed by atoms with Crippen LogP contribution in [0.3, 0.4) is 0 Å². The van der Waals surface area contributed by atoms with E-state index in [0.29, 0.717) is 12.0 Å². The number of halogens is 3. The molecule has 0 aromatic heterocycles. The molecular weight excluding hydrogens is 385 g/mol. The lowest BCUT2D eigenvalue weighted by molar-refractivity contribution is -0.00955. The third kappa shape index (κ3) is 4.73. The van der Waals surface area contributed by atoms with E-state index >= 15 is 0 Å². The normalized spacial score (nSPS) is 25.9. The van der Waals surface area contributed by atoms with Gasteiger partial charge in [0, 0.05) is 17.7 Å². The van der Waals surface area contributed by atoms with Crippen molar-refractivity contribution in [2.75, 3.05) is 6.61 Å². The van der Waals surface area contributed by atoms with Crippen LogP contribution in [0.5, 0.6) is 0 Å². The zero-order valence-electron chi connectivity index (χ0n) is 17.3. The summed E-state index contributed by atoms with van der Waals surface area (Å²) in [6.07, 6.45) is 7.82. The predicted octanol–water partition coefficient (Wildman–Crippen LogP) is 6.59. The molecule has 158 valence electrons. The summed E-state index contributed by atoms with van der Waals surface area (Å²) < 4.78 is 45.5. The summed E-state index contributed by atoms with van der Waals surface area (Å²) in [5.74, 6) is 3.88. The highest BCUT2D eigenvalue weighted by Crippen LogP contribution is 2.46. The lowest BCUT2D eigenvalue weighted by Crippen LogP contribution is -2.33. The minimum absolute atomic E-state index is 0.122. The van der Waals surface area contributed by atoms with Crippen molar-refractivity contribution in [2.24, 2.45) is 11.8 Å². The van der Waals surface area contributed by atoms with Gasteiger partial charge in [-0.15, -0.1) is 0 Å². The average Bonchev–Trinajstić information content (AvgIpc) is 2.76. The Morgan fingerprint density at radius 2 is 1.47 bits per heavy atom. The van der Waals surface area contributed by atoms with Gasteiger partial charge in [0.2, 0.25) is 0 Å². The van der Waals surface area contributed by atoms with E-state index in [-0.39, 0.29) is 5.56 Å². The summed E-state index contributed by atoms with van der Waals surface area (Å²) in [5, 5.41) is 0. The van der Waals surface area contributed by atoms with E-state index in [1.165, 1.54) is 44.1 Å². The van der Waals surface area contributed by atoms with Crippen molar-refractivity contribution in [3.05, 3.63) is 70.5 Å². The fourth-order valence-corrected chi connectivity index (χ4v) is 5.15. The molecule has 0 amide bonds. The molecule has 2 aliphatic carbocycles. The van der Waals surface area contributed by atoms with Gasteiger partial charge in [0.05, 0.1) is 6.10 Å². The van der Waals surface area contributed by atoms with Crippen molar-refractivity contribution in [2.45, 2.75) is 57.5 Å². The summed E-state index contributed by atoms with van der Waals surface area (Å²) in [6, 6.07) is 9.98. The Kier molecular flexibility index (Phi) is 6.49. The van der Waals surface area contributed by atoms with Gasteiger partial charge in [0.25, 0.3) is 0 Å². The quantitative estimate of drug-likeness (QED) is 0.408. The number of ether oxygens (including phenoxy) is 1. The molecule has 2 saturated carbocycles. The topological polar surface area (TPSA) is 9.23 Å². The SMILES string of the molecule is CCOC1CCC2CC(c3ccc(C#Cc4cc(F)c(F)c(F)c4)cc3)CCC2C1. The number of fused-ring (bicyclic) bond motifs is 1. The maximum atomic E-state index is 13.3. The van der Waals surface area contributed by atoms with Gasteiger partial charge in [0.1, 0.15) is 0 Å². The average molecular weight is 412 g/mol. The van der Waals surface area contributed by atoms with Gasteiger partial charge in [-0.3, -0.25) is 0 Å². The molecule has 1 nitrogen and oxygen atoms in total. The van der Waals surface area contributed by atoms with E-state index in [9.17, 15) is 13.2 Å². The Morgan fingerprint density at radius 1 is 0.833 bits per heavy atom. The van der Waals surface area contributed by atoms with Crippen molar-refractivity contribution >= 4 is 0 Å². The first kappa shape index (κ1) is 21.0. The molecule has 0 saturated heterocycles. The van der Waals surface area contributed by atoms with E-state index < -0.39 is 17.5 Å². The number of benzene rings is 2. The number of rotatable bonds is 3. The summed E-state index contributed by atoms with van der Waals surface area (Å²) in [4.78, 5) is 0. The van der Waals surface area contributed by atoms with Gasteiger partial charge in [-0.25, -0.2) is 13.2 Å². The van der Waals surface area contributed by atoms with Gasteiger partial charge < -0.3 is 4.74 Å². The maximum Gasteiger partial charge on any atom is 0.194 e. The molecular formula is C26H27F3O. The molecule has 4 rings (SSSR count). The van der Waals surface area contributed by atoms with Crippen LogP contribution in [0.4, 0.5) is 13.2 Å². The van der Waals surface area contributed by atoms with Crippen molar-refractivity contribution in [3.63, 3.8) is 0 Å². The lowest BCUT2D eigenvalue weighted by Gasteiger charge is -2.42. The summed E-state index contributed by atoms with van der Waals surface area (Å²) in [5.41, 5.74) is 2.23. The zero-order chi connectivity index (χ0) is 21.1. The first-order chi connectivity index (χ1) is 14.5. The third-order valence-corrected chi connectivity index (χ3v) is 6.68. The maximum absolute atomic E-state index is 13.3. The largest absolute Gasteiger partial charge is 0.378 e. The van der Waals surface area contributed by atoms with E-state index in [1.54, 1.807) is 0 Å². The van der Waals surface area contributed by atoms with Crippen LogP contribution >= 0.6 is 0 Å². The Balaban J connectivity index is 1.39. The van der Waals surface area contributed by atoms with E-state index in [2.05, 4.69) is 30.9 Å². The predicted molar refractivity (Wildman–Crippen MR) is 112 cm³/mol. The number of hydrogen-bond donors (Lipinski definition) is 0. The minimum atomic E-state index is -1.47. The molecule has 0 N–H and O–H groups in total. The molecule has 2 aromatic rings. The van der Waals surface area contributed by atoms with Crippen molar-refractivity contribution in [1.82, 2.24) is 0 Å². The summed E-state index contributed by atoms with van der Waals surface area (Å²) in [6.45, 7) is 2.89. The molecule has 0 bridgehead atoms. The highest BCUT2D eigenvalue weighted by molar-refractivity contribution is 5.44. The highest BCUT2D eigenvalue weighted by Gasteiger charge is 2.36. The molecule has 4 heteroatoms. The van der Waals surface area contributed by atoms with Gasteiger partial charge in [0.15, 0.2) is 17.5 Å². The van der Waals surface area contributed by atoms with Crippen molar-refractivity contribution < 1.29 is 17.9 Å². The number of hydrogen-bond acceptors (Lipinski definition) is 1. The lowest BCUT2D eigenvalue weighted by atomic mass is 9.65. The summed E-state index contributed by atoms with van der Waals surface area (Å²) in [7, 11) is 0. The van der Waals surface area contributed by atoms with Crippen LogP contribution in [0.25, 0.3) is 0 Å². The molecule has 4 atom stereocenters. The van der Waals surface area contributed by atoms with E-state index in [4.69, 9.17) is 4.74 Å².